The average Bonchev–Trinajstić information content (AvgIpc) is 2.76. The summed E-state index contributed by atoms with van der Waals surface area (Å²) in [5.41, 5.74) is 0.352. The second kappa shape index (κ2) is 5.44. The Morgan fingerprint density at radius 3 is 2.61 bits per heavy atom. The normalized spacial score (nSPS) is 16.7. The summed E-state index contributed by atoms with van der Waals surface area (Å²) in [4.78, 5) is 24.8. The molecule has 2 rings (SSSR count). The Kier molecular flexibility index (Phi) is 3.91. The second-order valence-electron chi connectivity index (χ2n) is 4.36. The molecule has 1 N–H and O–H groups in total. The first kappa shape index (κ1) is 13.0. The van der Waals surface area contributed by atoms with E-state index in [1.807, 2.05) is 0 Å². The van der Waals surface area contributed by atoms with E-state index < -0.39 is 0 Å². The lowest BCUT2D eigenvalue weighted by atomic mass is 10.0. The summed E-state index contributed by atoms with van der Waals surface area (Å²) in [5.74, 6) is -0.146. The third-order valence-electron chi connectivity index (χ3n) is 3.14. The van der Waals surface area contributed by atoms with Crippen LogP contribution in [0.5, 0.6) is 0 Å². The lowest BCUT2D eigenvalue weighted by Gasteiger charge is -2.31. The zero-order chi connectivity index (χ0) is 13.1. The smallest absolute Gasteiger partial charge is 0.256 e. The van der Waals surface area contributed by atoms with E-state index in [2.05, 4.69) is 5.32 Å². The summed E-state index contributed by atoms with van der Waals surface area (Å²) >= 11 is 5.74. The Balaban J connectivity index is 1.87. The molecule has 0 bridgehead atoms. The van der Waals surface area contributed by atoms with Gasteiger partial charge >= 0.3 is 0 Å². The minimum atomic E-state index is -0.227. The zero-order valence-electron chi connectivity index (χ0n) is 10.1. The van der Waals surface area contributed by atoms with Crippen LogP contribution in [0.4, 0.5) is 0 Å². The highest BCUT2D eigenvalue weighted by atomic mass is 35.5. The summed E-state index contributed by atoms with van der Waals surface area (Å²) in [6, 6.07) is 1.63. The van der Waals surface area contributed by atoms with Gasteiger partial charge in [-0.05, 0) is 30.5 Å². The third-order valence-corrected chi connectivity index (χ3v) is 3.43. The van der Waals surface area contributed by atoms with Crippen molar-refractivity contribution in [3.63, 3.8) is 0 Å². The van der Waals surface area contributed by atoms with E-state index in [1.54, 1.807) is 17.9 Å². The van der Waals surface area contributed by atoms with Gasteiger partial charge in [0.25, 0.3) is 5.91 Å². The van der Waals surface area contributed by atoms with E-state index in [4.69, 9.17) is 16.0 Å². The molecule has 0 unspecified atom stereocenters. The lowest BCUT2D eigenvalue weighted by molar-refractivity contribution is -0.129. The monoisotopic (exact) mass is 270 g/mol. The first-order valence-corrected chi connectivity index (χ1v) is 6.25. The van der Waals surface area contributed by atoms with Crippen LogP contribution in [0, 0.1) is 0 Å². The fourth-order valence-corrected chi connectivity index (χ4v) is 2.26. The van der Waals surface area contributed by atoms with Gasteiger partial charge in [0.1, 0.15) is 0 Å². The molecule has 1 aromatic heterocycles. The number of hydrogen-bond donors (Lipinski definition) is 1. The maximum atomic E-state index is 11.9. The molecule has 0 aliphatic carbocycles. The van der Waals surface area contributed by atoms with Gasteiger partial charge in [-0.15, -0.1) is 0 Å². The molecule has 98 valence electrons. The second-order valence-corrected chi connectivity index (χ2v) is 4.71. The topological polar surface area (TPSA) is 62.6 Å². The molecule has 1 aliphatic rings. The highest BCUT2D eigenvalue weighted by molar-refractivity contribution is 6.32. The van der Waals surface area contributed by atoms with Crippen molar-refractivity contribution in [3.05, 3.63) is 23.1 Å². The number of nitrogens with zero attached hydrogens (tertiary/aromatic N) is 1. The largest absolute Gasteiger partial charge is 0.452 e. The van der Waals surface area contributed by atoms with E-state index in [1.165, 1.54) is 6.26 Å². The quantitative estimate of drug-likeness (QED) is 0.889. The van der Waals surface area contributed by atoms with Gasteiger partial charge in [-0.2, -0.15) is 0 Å². The van der Waals surface area contributed by atoms with Crippen LogP contribution in [-0.2, 0) is 4.79 Å². The number of rotatable bonds is 2. The molecule has 2 heterocycles. The highest BCUT2D eigenvalue weighted by Gasteiger charge is 2.23. The number of nitrogens with one attached hydrogen (secondary N) is 1. The SMILES string of the molecule is CC(=O)N1CCC(NC(=O)c2ccoc2Cl)CC1. The van der Waals surface area contributed by atoms with Crippen molar-refractivity contribution in [1.29, 1.82) is 0 Å². The molecule has 1 saturated heterocycles. The molecule has 1 aliphatic heterocycles. The van der Waals surface area contributed by atoms with Crippen LogP contribution in [0.1, 0.15) is 30.1 Å². The molecule has 6 heteroatoms. The first-order chi connectivity index (χ1) is 8.58. The summed E-state index contributed by atoms with van der Waals surface area (Å²) in [5, 5.41) is 3.01. The van der Waals surface area contributed by atoms with Gasteiger partial charge in [0.2, 0.25) is 11.1 Å². The number of amides is 2. The van der Waals surface area contributed by atoms with Gasteiger partial charge in [-0.1, -0.05) is 0 Å². The Morgan fingerprint density at radius 1 is 1.44 bits per heavy atom. The molecule has 0 aromatic carbocycles. The number of carbonyl (C=O) groups is 2. The highest BCUT2D eigenvalue weighted by Crippen LogP contribution is 2.17. The van der Waals surface area contributed by atoms with Crippen LogP contribution in [0.15, 0.2) is 16.7 Å². The molecule has 0 spiro atoms. The molecular formula is C12H15ClN2O3. The van der Waals surface area contributed by atoms with Gasteiger partial charge in [-0.3, -0.25) is 9.59 Å². The summed E-state index contributed by atoms with van der Waals surface area (Å²) in [6.07, 6.45) is 2.91. The van der Waals surface area contributed by atoms with Crippen molar-refractivity contribution >= 4 is 23.4 Å². The number of piperidine rings is 1. The number of carbonyl (C=O) groups excluding carboxylic acids is 2. The predicted molar refractivity (Wildman–Crippen MR) is 66.5 cm³/mol. The Hall–Kier alpha value is -1.49. The van der Waals surface area contributed by atoms with Crippen molar-refractivity contribution in [1.82, 2.24) is 10.2 Å². The molecule has 0 atom stereocenters. The molecule has 0 radical (unpaired) electrons. The lowest BCUT2D eigenvalue weighted by Crippen LogP contribution is -2.45. The molecule has 1 fully saturated rings. The van der Waals surface area contributed by atoms with Crippen LogP contribution in [0.3, 0.4) is 0 Å². The minimum absolute atomic E-state index is 0.0812. The third kappa shape index (κ3) is 2.85. The van der Waals surface area contributed by atoms with Crippen LogP contribution >= 0.6 is 11.6 Å². The predicted octanol–water partition coefficient (Wildman–Crippen LogP) is 1.67. The van der Waals surface area contributed by atoms with Crippen LogP contribution in [0.25, 0.3) is 0 Å². The number of hydrogen-bond acceptors (Lipinski definition) is 3. The standard InChI is InChI=1S/C12H15ClN2O3/c1-8(16)15-5-2-9(3-6-15)14-12(17)10-4-7-18-11(10)13/h4,7,9H,2-3,5-6H2,1H3,(H,14,17). The number of furan rings is 1. The Labute approximate surface area is 110 Å². The van der Waals surface area contributed by atoms with Crippen molar-refractivity contribution in [2.45, 2.75) is 25.8 Å². The van der Waals surface area contributed by atoms with E-state index in [9.17, 15) is 9.59 Å². The van der Waals surface area contributed by atoms with E-state index >= 15 is 0 Å². The molecule has 0 saturated carbocycles. The van der Waals surface area contributed by atoms with Gasteiger partial charge < -0.3 is 14.6 Å². The number of halogens is 1. The van der Waals surface area contributed by atoms with Gasteiger partial charge in [-0.25, -0.2) is 0 Å². The van der Waals surface area contributed by atoms with E-state index in [0.29, 0.717) is 18.7 Å². The van der Waals surface area contributed by atoms with Crippen LogP contribution < -0.4 is 5.32 Å². The van der Waals surface area contributed by atoms with Gasteiger partial charge in [0, 0.05) is 26.1 Å². The van der Waals surface area contributed by atoms with Crippen molar-refractivity contribution in [2.24, 2.45) is 0 Å². The fourth-order valence-electron chi connectivity index (χ4n) is 2.06. The van der Waals surface area contributed by atoms with Crippen LogP contribution in [-0.4, -0.2) is 35.8 Å². The Morgan fingerprint density at radius 2 is 2.11 bits per heavy atom. The van der Waals surface area contributed by atoms with Crippen molar-refractivity contribution in [3.8, 4) is 0 Å². The van der Waals surface area contributed by atoms with Gasteiger partial charge in [0.05, 0.1) is 11.8 Å². The molecule has 2 amide bonds. The summed E-state index contributed by atoms with van der Waals surface area (Å²) in [6.45, 7) is 2.92. The molecule has 18 heavy (non-hydrogen) atoms. The average molecular weight is 271 g/mol. The van der Waals surface area contributed by atoms with Crippen molar-refractivity contribution < 1.29 is 14.0 Å². The minimum Gasteiger partial charge on any atom is -0.452 e. The Bertz CT molecular complexity index is 450. The molecule has 1 aromatic rings. The summed E-state index contributed by atoms with van der Waals surface area (Å²) in [7, 11) is 0. The van der Waals surface area contributed by atoms with E-state index in [0.717, 1.165) is 12.8 Å². The van der Waals surface area contributed by atoms with E-state index in [-0.39, 0.29) is 23.1 Å². The summed E-state index contributed by atoms with van der Waals surface area (Å²) < 4.78 is 4.88. The molecular weight excluding hydrogens is 256 g/mol. The van der Waals surface area contributed by atoms with Crippen LogP contribution in [0.2, 0.25) is 5.22 Å². The zero-order valence-corrected chi connectivity index (χ0v) is 10.9. The maximum Gasteiger partial charge on any atom is 0.256 e. The molecule has 5 nitrogen and oxygen atoms in total. The van der Waals surface area contributed by atoms with Gasteiger partial charge in [0.15, 0.2) is 0 Å². The van der Waals surface area contributed by atoms with Crippen molar-refractivity contribution in [2.75, 3.05) is 13.1 Å². The first-order valence-electron chi connectivity index (χ1n) is 5.87. The maximum absolute atomic E-state index is 11.9. The fraction of sp³-hybridized carbons (Fsp3) is 0.500. The number of likely N-dealkylation sites (tertiary alicyclic amines) is 1.